The molecule has 0 rings (SSSR count). The van der Waals surface area contributed by atoms with E-state index < -0.39 is 33.2 Å². The first kappa shape index (κ1) is 21.4. The fourth-order valence-electron chi connectivity index (χ4n) is 0. The SMILES string of the molecule is O=S([O-])C(F)(F)F.O=S([O-])C(F)(F)F.[Ca+2]. The predicted octanol–water partition coefficient (Wildman–Crippen LogP) is 0.390. The smallest absolute Gasteiger partial charge is 0.766 e. The van der Waals surface area contributed by atoms with Crippen molar-refractivity contribution in [3.63, 3.8) is 0 Å². The van der Waals surface area contributed by atoms with Gasteiger partial charge in [0.1, 0.15) is 0 Å². The van der Waals surface area contributed by atoms with Crippen molar-refractivity contribution in [1.82, 2.24) is 0 Å². The summed E-state index contributed by atoms with van der Waals surface area (Å²) < 4.78 is 99.0. The molecule has 0 aliphatic rings. The molecule has 0 aliphatic carbocycles. The molecule has 15 heavy (non-hydrogen) atoms. The summed E-state index contributed by atoms with van der Waals surface area (Å²) in [5.41, 5.74) is -10.2. The summed E-state index contributed by atoms with van der Waals surface area (Å²) in [6.07, 6.45) is 0. The molecule has 88 valence electrons. The van der Waals surface area contributed by atoms with Crippen LogP contribution in [-0.4, -0.2) is 66.3 Å². The Hall–Kier alpha value is 1.06. The van der Waals surface area contributed by atoms with Gasteiger partial charge in [0.25, 0.3) is 0 Å². The van der Waals surface area contributed by atoms with Gasteiger partial charge in [-0.1, -0.05) is 0 Å². The maximum atomic E-state index is 10.6. The Morgan fingerprint density at radius 2 is 0.800 bits per heavy atom. The van der Waals surface area contributed by atoms with Gasteiger partial charge in [-0.2, -0.15) is 26.3 Å². The van der Waals surface area contributed by atoms with Gasteiger partial charge in [-0.25, -0.2) is 0 Å². The van der Waals surface area contributed by atoms with E-state index in [9.17, 15) is 26.3 Å². The van der Waals surface area contributed by atoms with Crippen molar-refractivity contribution in [3.8, 4) is 0 Å². The third kappa shape index (κ3) is 15.1. The molecule has 0 saturated carbocycles. The summed E-state index contributed by atoms with van der Waals surface area (Å²) in [7, 11) is 0. The van der Waals surface area contributed by atoms with Gasteiger partial charge >= 0.3 is 48.8 Å². The van der Waals surface area contributed by atoms with Gasteiger partial charge in [0, 0.05) is 0 Å². The van der Waals surface area contributed by atoms with Crippen LogP contribution in [0, 0.1) is 0 Å². The molecule has 0 saturated heterocycles. The Morgan fingerprint density at radius 3 is 0.800 bits per heavy atom. The Balaban J connectivity index is -0.000000180. The van der Waals surface area contributed by atoms with Gasteiger partial charge in [-0.15, -0.1) is 0 Å². The molecule has 0 bridgehead atoms. The Morgan fingerprint density at radius 1 is 0.733 bits per heavy atom. The summed E-state index contributed by atoms with van der Waals surface area (Å²) in [4.78, 5) is 0. The fourth-order valence-corrected chi connectivity index (χ4v) is 0. The van der Waals surface area contributed by atoms with E-state index in [2.05, 4.69) is 0 Å². The van der Waals surface area contributed by atoms with Gasteiger partial charge in [-0.3, -0.25) is 8.42 Å². The summed E-state index contributed by atoms with van der Waals surface area (Å²) in [5.74, 6) is 0. The van der Waals surface area contributed by atoms with Gasteiger partial charge in [0.15, 0.2) is 0 Å². The van der Waals surface area contributed by atoms with Gasteiger partial charge in [0.2, 0.25) is 0 Å². The van der Waals surface area contributed by atoms with Crippen LogP contribution in [0.5, 0.6) is 0 Å². The second-order valence-electron chi connectivity index (χ2n) is 1.36. The monoisotopic (exact) mass is 306 g/mol. The van der Waals surface area contributed by atoms with E-state index in [1.165, 1.54) is 0 Å². The van der Waals surface area contributed by atoms with Crippen molar-refractivity contribution in [1.29, 1.82) is 0 Å². The van der Waals surface area contributed by atoms with Crippen LogP contribution in [0.4, 0.5) is 26.3 Å². The zero-order valence-electron chi connectivity index (χ0n) is 6.42. The van der Waals surface area contributed by atoms with E-state index in [1.807, 2.05) is 0 Å². The first-order valence-electron chi connectivity index (χ1n) is 2.21. The number of hydrogen-bond acceptors (Lipinski definition) is 4. The summed E-state index contributed by atoms with van der Waals surface area (Å²) in [6.45, 7) is 0. The van der Waals surface area contributed by atoms with Gasteiger partial charge < -0.3 is 9.11 Å². The normalized spacial score (nSPS) is 15.5. The van der Waals surface area contributed by atoms with Crippen LogP contribution in [0.2, 0.25) is 0 Å². The van der Waals surface area contributed by atoms with Crippen molar-refractivity contribution < 1.29 is 43.9 Å². The average Bonchev–Trinajstić information content (AvgIpc) is 1.83. The average molecular weight is 306 g/mol. The van der Waals surface area contributed by atoms with Crippen molar-refractivity contribution in [2.24, 2.45) is 0 Å². The van der Waals surface area contributed by atoms with Crippen molar-refractivity contribution in [2.45, 2.75) is 11.0 Å². The molecular formula is C2CaF6O4S2. The number of alkyl halides is 6. The molecule has 0 heterocycles. The van der Waals surface area contributed by atoms with E-state index >= 15 is 0 Å². The Labute approximate surface area is 114 Å². The molecule has 0 amide bonds. The third-order valence-electron chi connectivity index (χ3n) is 0.378. The van der Waals surface area contributed by atoms with E-state index in [0.29, 0.717) is 0 Å². The second-order valence-corrected chi connectivity index (χ2v) is 3.23. The van der Waals surface area contributed by atoms with Crippen LogP contribution < -0.4 is 0 Å². The van der Waals surface area contributed by atoms with Gasteiger partial charge in [-0.05, 0) is 0 Å². The predicted molar refractivity (Wildman–Crippen MR) is 35.7 cm³/mol. The van der Waals surface area contributed by atoms with Crippen LogP contribution in [0.1, 0.15) is 0 Å². The molecule has 0 aromatic heterocycles. The zero-order valence-corrected chi connectivity index (χ0v) is 10.3. The number of rotatable bonds is 0. The van der Waals surface area contributed by atoms with Crippen LogP contribution >= 0.6 is 0 Å². The van der Waals surface area contributed by atoms with Gasteiger partial charge in [0.05, 0.1) is 22.2 Å². The van der Waals surface area contributed by atoms with Crippen LogP contribution in [0.15, 0.2) is 0 Å². The molecule has 2 atom stereocenters. The third-order valence-corrected chi connectivity index (χ3v) is 1.13. The molecule has 4 nitrogen and oxygen atoms in total. The number of hydrogen-bond donors (Lipinski definition) is 0. The molecule has 0 fully saturated rings. The molecule has 0 spiro atoms. The fraction of sp³-hybridized carbons (Fsp3) is 1.00. The topological polar surface area (TPSA) is 80.3 Å². The minimum Gasteiger partial charge on any atom is -0.766 e. The molecule has 0 radical (unpaired) electrons. The minimum atomic E-state index is -5.08. The van der Waals surface area contributed by atoms with E-state index in [4.69, 9.17) is 17.5 Å². The molecular weight excluding hydrogens is 306 g/mol. The molecule has 0 N–H and O–H groups in total. The molecule has 0 aromatic carbocycles. The Kier molecular flexibility index (Phi) is 11.7. The quantitative estimate of drug-likeness (QED) is 0.368. The van der Waals surface area contributed by atoms with E-state index in [1.54, 1.807) is 0 Å². The maximum absolute atomic E-state index is 10.6. The largest absolute Gasteiger partial charge is 2.00 e. The standard InChI is InChI=1S/2CHF3O2S.Ca/c2*2-1(3,4)7(5)6;/h2*(H,5,6);/q;;+2/p-2. The first-order chi connectivity index (χ1) is 5.89. The van der Waals surface area contributed by atoms with E-state index in [0.717, 1.165) is 0 Å². The number of halogens is 6. The van der Waals surface area contributed by atoms with Crippen molar-refractivity contribution in [3.05, 3.63) is 0 Å². The Bertz CT molecular complexity index is 200. The summed E-state index contributed by atoms with van der Waals surface area (Å²) in [5, 5.41) is 0. The van der Waals surface area contributed by atoms with Crippen LogP contribution in [0.3, 0.4) is 0 Å². The molecule has 13 heteroatoms. The zero-order chi connectivity index (χ0) is 12.2. The summed E-state index contributed by atoms with van der Waals surface area (Å²) >= 11 is -7.87. The molecule has 2 unspecified atom stereocenters. The maximum Gasteiger partial charge on any atom is 2.00 e. The van der Waals surface area contributed by atoms with Crippen LogP contribution in [0.25, 0.3) is 0 Å². The summed E-state index contributed by atoms with van der Waals surface area (Å²) in [6, 6.07) is 0. The molecule has 0 aliphatic heterocycles. The van der Waals surface area contributed by atoms with Crippen LogP contribution in [-0.2, 0) is 22.2 Å². The van der Waals surface area contributed by atoms with Crippen molar-refractivity contribution >= 4 is 59.9 Å². The second kappa shape index (κ2) is 8.19. The first-order valence-corrected chi connectivity index (χ1v) is 4.36. The van der Waals surface area contributed by atoms with Crippen molar-refractivity contribution in [2.75, 3.05) is 0 Å². The minimum absolute atomic E-state index is 0. The van der Waals surface area contributed by atoms with E-state index in [-0.39, 0.29) is 37.7 Å². The molecule has 0 aromatic rings.